The van der Waals surface area contributed by atoms with Gasteiger partial charge in [0.2, 0.25) is 12.8 Å². The molecule has 0 bridgehead atoms. The van der Waals surface area contributed by atoms with Gasteiger partial charge in [0.1, 0.15) is 24.8 Å². The van der Waals surface area contributed by atoms with Crippen LogP contribution in [-0.2, 0) is 19.3 Å². The van der Waals surface area contributed by atoms with Crippen LogP contribution in [0, 0.1) is 0 Å². The summed E-state index contributed by atoms with van der Waals surface area (Å²) in [4.78, 5) is 38.5. The first kappa shape index (κ1) is 43.9. The van der Waals surface area contributed by atoms with Gasteiger partial charge in [-0.1, -0.05) is 28.1 Å². The number of carbonyl (C=O) groups excluding carboxylic acids is 3. The fraction of sp³-hybridized carbons (Fsp3) is 0.129. The maximum Gasteiger partial charge on any atom is 1.00 e. The van der Waals surface area contributed by atoms with Crippen LogP contribution in [0.25, 0.3) is 43.6 Å². The number of anilines is 2. The average molecular weight is 953 g/mol. The summed E-state index contributed by atoms with van der Waals surface area (Å²) in [5, 5.41) is 27.8. The van der Waals surface area contributed by atoms with Gasteiger partial charge in [-0.2, -0.15) is 0 Å². The first-order chi connectivity index (χ1) is 21.9. The molecule has 11 nitrogen and oxygen atoms in total. The minimum absolute atomic E-state index is 0. The van der Waals surface area contributed by atoms with Crippen LogP contribution in [0.1, 0.15) is 1.43 Å². The Balaban J connectivity index is 0.000000721. The number of hydrogen-bond acceptors (Lipinski definition) is 7. The first-order valence-electron chi connectivity index (χ1n) is 13.2. The molecular weight excluding hydrogens is 924 g/mol. The summed E-state index contributed by atoms with van der Waals surface area (Å²) in [5.41, 5.74) is 5.12. The second kappa shape index (κ2) is 24.1. The second-order valence-corrected chi connectivity index (χ2v) is 9.63. The summed E-state index contributed by atoms with van der Waals surface area (Å²) in [5.74, 6) is 0.864. The van der Waals surface area contributed by atoms with Gasteiger partial charge in [0.15, 0.2) is 0 Å². The fourth-order valence-electron chi connectivity index (χ4n) is 4.35. The van der Waals surface area contributed by atoms with Crippen LogP contribution in [0.3, 0.4) is 0 Å². The van der Waals surface area contributed by atoms with E-state index in [2.05, 4.69) is 41.4 Å². The molecule has 4 aromatic carbocycles. The van der Waals surface area contributed by atoms with Crippen LogP contribution in [0.5, 0.6) is 11.5 Å². The zero-order valence-electron chi connectivity index (χ0n) is 26.5. The summed E-state index contributed by atoms with van der Waals surface area (Å²) < 4.78 is 28.1. The van der Waals surface area contributed by atoms with Crippen LogP contribution in [-0.4, -0.2) is 59.7 Å². The Morgan fingerprint density at radius 2 is 1.17 bits per heavy atom. The molecule has 2 amide bonds. The number of aromatic nitrogens is 2. The van der Waals surface area contributed by atoms with E-state index in [9.17, 15) is 23.5 Å². The van der Waals surface area contributed by atoms with Gasteiger partial charge in [-0.3, -0.25) is 18.8 Å². The van der Waals surface area contributed by atoms with E-state index in [1.165, 1.54) is 0 Å². The van der Waals surface area contributed by atoms with Crippen molar-refractivity contribution in [3.63, 3.8) is 0 Å². The monoisotopic (exact) mass is 952 g/mol. The number of carbonyl (C=O) groups is 3. The molecule has 0 spiro atoms. The third kappa shape index (κ3) is 13.3. The summed E-state index contributed by atoms with van der Waals surface area (Å²) >= 11 is 2.87. The molecule has 16 heteroatoms. The van der Waals surface area contributed by atoms with E-state index in [4.69, 9.17) is 14.8 Å². The molecule has 0 radical (unpaired) electrons. The van der Waals surface area contributed by atoms with Gasteiger partial charge in [0, 0.05) is 61.4 Å². The normalized spacial score (nSPS) is 9.62. The van der Waals surface area contributed by atoms with Crippen molar-refractivity contribution in [1.29, 1.82) is 0 Å². The Hall–Kier alpha value is -1.11. The number of rotatable bonds is 9. The first-order valence-corrected chi connectivity index (χ1v) is 14.3. The van der Waals surface area contributed by atoms with E-state index >= 15 is 0 Å². The van der Waals surface area contributed by atoms with Gasteiger partial charge in [-0.15, -0.1) is 0 Å². The van der Waals surface area contributed by atoms with Gasteiger partial charge >= 0.3 is 138 Å². The number of amides is 2. The third-order valence-corrected chi connectivity index (χ3v) is 6.36. The molecule has 0 saturated carbocycles. The molecule has 0 fully saturated rings. The molecule has 238 valence electrons. The van der Waals surface area contributed by atoms with Crippen molar-refractivity contribution < 1.29 is 182 Å². The molecule has 0 saturated heterocycles. The van der Waals surface area contributed by atoms with E-state index in [1.807, 2.05) is 60.7 Å². The van der Waals surface area contributed by atoms with Crippen molar-refractivity contribution in [2.75, 3.05) is 35.9 Å². The van der Waals surface area contributed by atoms with E-state index in [0.717, 1.165) is 55.0 Å². The molecule has 0 atom stereocenters. The molecule has 47 heavy (non-hydrogen) atoms. The number of H-pyrrole nitrogens is 2. The van der Waals surface area contributed by atoms with Gasteiger partial charge in [0.25, 0.3) is 6.47 Å². The molecule has 0 unspecified atom stereocenters. The van der Waals surface area contributed by atoms with Crippen molar-refractivity contribution in [3.8, 4) is 11.5 Å². The number of alkyl halides is 3. The molecule has 0 aliphatic carbocycles. The van der Waals surface area contributed by atoms with Crippen LogP contribution >= 0.6 is 15.9 Å². The maximum atomic E-state index is 12.1. The predicted octanol–water partition coefficient (Wildman–Crippen LogP) is -0.261. The molecule has 2 heterocycles. The molecule has 5 N–H and O–H groups in total. The van der Waals surface area contributed by atoms with Gasteiger partial charge < -0.3 is 42.0 Å². The van der Waals surface area contributed by atoms with Gasteiger partial charge in [-0.05, 0) is 48.5 Å². The topological polar surface area (TPSA) is 169 Å². The van der Waals surface area contributed by atoms with E-state index < -0.39 is 6.67 Å². The molecule has 2 aromatic heterocycles. The number of halogens is 3. The Morgan fingerprint density at radius 1 is 0.745 bits per heavy atom. The number of aromatic amines is 2. The van der Waals surface area contributed by atoms with Gasteiger partial charge in [0.05, 0.1) is 17.7 Å². The fourth-order valence-corrected chi connectivity index (χ4v) is 4.35. The zero-order chi connectivity index (χ0) is 32.6. The number of benzene rings is 4. The Labute approximate surface area is 395 Å². The number of ether oxygens (including phenoxy) is 1. The second-order valence-electron chi connectivity index (χ2n) is 8.84. The molecule has 6 rings (SSSR count). The van der Waals surface area contributed by atoms with E-state index in [1.54, 1.807) is 12.1 Å². The van der Waals surface area contributed by atoms with E-state index in [-0.39, 0.29) is 165 Å². The largest absolute Gasteiger partial charge is 1.00 e. The summed E-state index contributed by atoms with van der Waals surface area (Å²) in [7, 11) is 0. The Bertz CT molecular complexity index is 1880. The SMILES string of the molecule is FCCBr.O=CNc1ccc2c(c1)[nH]c1cc(O)ccc12.O=CNc1ccc2c(c1)[nH]c1cc(OCCF)ccc12.O=CO[O-].[Cs+].[Cs+].[H-]. The number of fused-ring (bicyclic) bond motifs is 6. The number of nitrogens with one attached hydrogen (secondary N) is 4. The van der Waals surface area contributed by atoms with Crippen molar-refractivity contribution in [3.05, 3.63) is 72.8 Å². The number of aromatic hydroxyl groups is 1. The minimum Gasteiger partial charge on any atom is -1.00 e. The van der Waals surface area contributed by atoms with Crippen LogP contribution < -0.4 is 158 Å². The summed E-state index contributed by atoms with van der Waals surface area (Å²) in [6.07, 6.45) is 1.29. The third-order valence-electron chi connectivity index (χ3n) is 6.06. The number of phenolic OH excluding ortho intramolecular Hbond substituents is 1. The quantitative estimate of drug-likeness (QED) is 0.0577. The average Bonchev–Trinajstić information content (AvgIpc) is 3.60. The number of hydrogen-bond donors (Lipinski definition) is 5. The summed E-state index contributed by atoms with van der Waals surface area (Å²) in [6.45, 7) is -0.898. The predicted molar refractivity (Wildman–Crippen MR) is 172 cm³/mol. The molecule has 0 aliphatic rings. The Morgan fingerprint density at radius 3 is 1.60 bits per heavy atom. The maximum absolute atomic E-state index is 12.1. The van der Waals surface area contributed by atoms with Crippen molar-refractivity contribution in [1.82, 2.24) is 9.97 Å². The smallest absolute Gasteiger partial charge is 1.00 e. The van der Waals surface area contributed by atoms with Crippen LogP contribution in [0.15, 0.2) is 72.8 Å². The minimum atomic E-state index is -0.508. The Kier molecular flexibility index (Phi) is 22.5. The van der Waals surface area contributed by atoms with Crippen molar-refractivity contribution in [2.24, 2.45) is 0 Å². The van der Waals surface area contributed by atoms with Crippen LogP contribution in [0.2, 0.25) is 0 Å². The van der Waals surface area contributed by atoms with Crippen LogP contribution in [0.4, 0.5) is 20.2 Å². The van der Waals surface area contributed by atoms with Crippen molar-refractivity contribution >= 4 is 90.2 Å². The molecular formula is C31H29BrCs2F2N4O7. The summed E-state index contributed by atoms with van der Waals surface area (Å²) in [6, 6.07) is 22.1. The van der Waals surface area contributed by atoms with E-state index in [0.29, 0.717) is 23.9 Å². The zero-order valence-corrected chi connectivity index (χ0v) is 39.7. The number of phenols is 1. The van der Waals surface area contributed by atoms with Gasteiger partial charge in [-0.25, -0.2) is 4.39 Å². The molecule has 0 aliphatic heterocycles. The molecule has 6 aromatic rings. The van der Waals surface area contributed by atoms with Crippen molar-refractivity contribution in [2.45, 2.75) is 0 Å². The standard InChI is InChI=1S/C15H13FN2O2.C13H10N2O2.C2H4BrF.CH2O3.2Cs.H/c16-5-6-20-11-2-4-13-12-3-1-10(17-9-19)7-14(12)18-15(13)8-11;16-7-14-8-1-3-10-11-4-2-9(17)6-13(11)15-12(10)5-8;3-1-2-4;2-1-4-3;;;/h1-4,7-9,18H,5-6H2,(H,17,19);1-7,15,17H,(H,14,16);1-2H2;1,3H;;;/q;;;;2*+1;-1/p-1.